The summed E-state index contributed by atoms with van der Waals surface area (Å²) in [6.45, 7) is 1.18. The SMILES string of the molecule is CC(=O)On1c(Cc2ccccc2)ccc(NS(=O)(=O)CCc2ccccc2)c1=O. The number of benzene rings is 2. The number of carbonyl (C=O) groups excluding carboxylic acids is 1. The minimum atomic E-state index is -3.78. The second kappa shape index (κ2) is 9.41. The fourth-order valence-corrected chi connectivity index (χ4v) is 4.01. The highest BCUT2D eigenvalue weighted by Crippen LogP contribution is 2.12. The second-order valence-electron chi connectivity index (χ2n) is 6.74. The average Bonchev–Trinajstić information content (AvgIpc) is 2.72. The number of pyridine rings is 1. The molecule has 7 nitrogen and oxygen atoms in total. The third-order valence-electron chi connectivity index (χ3n) is 4.33. The number of rotatable bonds is 8. The van der Waals surface area contributed by atoms with E-state index in [9.17, 15) is 18.0 Å². The van der Waals surface area contributed by atoms with E-state index in [1.165, 1.54) is 13.0 Å². The number of nitrogens with zero attached hydrogens (tertiary/aromatic N) is 1. The molecular weight excluding hydrogens is 404 g/mol. The molecule has 8 heteroatoms. The largest absolute Gasteiger partial charge is 0.333 e. The van der Waals surface area contributed by atoms with Crippen LogP contribution >= 0.6 is 0 Å². The third kappa shape index (κ3) is 5.81. The van der Waals surface area contributed by atoms with Crippen molar-refractivity contribution in [1.82, 2.24) is 4.73 Å². The molecule has 0 saturated heterocycles. The summed E-state index contributed by atoms with van der Waals surface area (Å²) in [7, 11) is -3.78. The summed E-state index contributed by atoms with van der Waals surface area (Å²) in [6, 6.07) is 21.5. The van der Waals surface area contributed by atoms with Crippen LogP contribution in [0, 0.1) is 0 Å². The van der Waals surface area contributed by atoms with Crippen LogP contribution in [-0.2, 0) is 27.7 Å². The lowest BCUT2D eigenvalue weighted by Crippen LogP contribution is -2.35. The molecule has 0 fully saturated rings. The zero-order valence-corrected chi connectivity index (χ0v) is 17.3. The van der Waals surface area contributed by atoms with Crippen molar-refractivity contribution in [3.63, 3.8) is 0 Å². The standard InChI is InChI=1S/C22H22N2O5S/c1-17(25)29-24-20(16-19-10-6-3-7-11-19)12-13-21(22(24)26)23-30(27,28)15-14-18-8-4-2-5-9-18/h2-13,23H,14-16H2,1H3. The highest BCUT2D eigenvalue weighted by atomic mass is 32.2. The quantitative estimate of drug-likeness (QED) is 0.597. The second-order valence-corrected chi connectivity index (χ2v) is 8.58. The molecule has 3 aromatic rings. The van der Waals surface area contributed by atoms with Crippen LogP contribution in [0.25, 0.3) is 0 Å². The molecule has 1 aromatic heterocycles. The van der Waals surface area contributed by atoms with Crippen LogP contribution in [0.15, 0.2) is 77.6 Å². The molecule has 0 saturated carbocycles. The first-order valence-corrected chi connectivity index (χ1v) is 11.0. The van der Waals surface area contributed by atoms with Crippen molar-refractivity contribution in [1.29, 1.82) is 0 Å². The Kier molecular flexibility index (Phi) is 6.68. The van der Waals surface area contributed by atoms with Gasteiger partial charge in [-0.3, -0.25) is 9.52 Å². The number of hydrogen-bond acceptors (Lipinski definition) is 5. The summed E-state index contributed by atoms with van der Waals surface area (Å²) < 4.78 is 28.1. The van der Waals surface area contributed by atoms with E-state index in [1.54, 1.807) is 6.07 Å². The van der Waals surface area contributed by atoms with Gasteiger partial charge in [0.1, 0.15) is 5.69 Å². The molecule has 0 unspecified atom stereocenters. The van der Waals surface area contributed by atoms with Crippen LogP contribution in [0.4, 0.5) is 5.69 Å². The average molecular weight is 426 g/mol. The Morgan fingerprint density at radius 2 is 1.53 bits per heavy atom. The number of hydrogen-bond donors (Lipinski definition) is 1. The minimum absolute atomic E-state index is 0.180. The zero-order valence-electron chi connectivity index (χ0n) is 16.4. The van der Waals surface area contributed by atoms with E-state index in [1.807, 2.05) is 60.7 Å². The van der Waals surface area contributed by atoms with Gasteiger partial charge in [-0.15, -0.1) is 4.73 Å². The van der Waals surface area contributed by atoms with Crippen molar-refractivity contribution < 1.29 is 18.0 Å². The Balaban J connectivity index is 1.84. The van der Waals surface area contributed by atoms with Gasteiger partial charge in [0.25, 0.3) is 0 Å². The first kappa shape index (κ1) is 21.3. The van der Waals surface area contributed by atoms with Gasteiger partial charge in [-0.05, 0) is 29.7 Å². The first-order chi connectivity index (χ1) is 14.3. The predicted octanol–water partition coefficient (Wildman–Crippen LogP) is 2.40. The molecule has 2 aromatic carbocycles. The van der Waals surface area contributed by atoms with Crippen molar-refractivity contribution in [2.24, 2.45) is 0 Å². The summed E-state index contributed by atoms with van der Waals surface area (Å²) in [5.74, 6) is -0.869. The number of carbonyl (C=O) groups is 1. The van der Waals surface area contributed by atoms with Crippen LogP contribution in [0.2, 0.25) is 0 Å². The lowest BCUT2D eigenvalue weighted by Gasteiger charge is -2.14. The molecule has 3 rings (SSSR count). The van der Waals surface area contributed by atoms with Crippen molar-refractivity contribution >= 4 is 21.7 Å². The van der Waals surface area contributed by atoms with Gasteiger partial charge in [-0.2, -0.15) is 0 Å². The molecule has 0 atom stereocenters. The molecular formula is C22H22N2O5S. The molecule has 0 spiro atoms. The maximum Gasteiger partial charge on any atom is 0.330 e. The summed E-state index contributed by atoms with van der Waals surface area (Å²) in [5.41, 5.74) is 1.28. The van der Waals surface area contributed by atoms with Gasteiger partial charge in [0.15, 0.2) is 0 Å². The summed E-state index contributed by atoms with van der Waals surface area (Å²) in [4.78, 5) is 29.4. The minimum Gasteiger partial charge on any atom is -0.333 e. The van der Waals surface area contributed by atoms with E-state index >= 15 is 0 Å². The van der Waals surface area contributed by atoms with E-state index in [4.69, 9.17) is 4.84 Å². The van der Waals surface area contributed by atoms with E-state index in [0.717, 1.165) is 15.9 Å². The lowest BCUT2D eigenvalue weighted by atomic mass is 10.1. The van der Waals surface area contributed by atoms with Gasteiger partial charge in [0.05, 0.1) is 11.4 Å². The van der Waals surface area contributed by atoms with Crippen molar-refractivity contribution in [2.75, 3.05) is 10.5 Å². The van der Waals surface area contributed by atoms with Crippen LogP contribution in [-0.4, -0.2) is 24.9 Å². The van der Waals surface area contributed by atoms with E-state index < -0.39 is 21.6 Å². The number of aromatic nitrogens is 1. The lowest BCUT2D eigenvalue weighted by molar-refractivity contribution is -0.142. The molecule has 0 aliphatic carbocycles. The molecule has 1 N–H and O–H groups in total. The van der Waals surface area contributed by atoms with Gasteiger partial charge in [0.2, 0.25) is 10.0 Å². The van der Waals surface area contributed by atoms with Crippen molar-refractivity contribution in [3.8, 4) is 0 Å². The number of nitrogens with one attached hydrogen (secondary N) is 1. The predicted molar refractivity (Wildman–Crippen MR) is 115 cm³/mol. The van der Waals surface area contributed by atoms with E-state index in [2.05, 4.69) is 4.72 Å². The molecule has 156 valence electrons. The number of anilines is 1. The van der Waals surface area contributed by atoms with Gasteiger partial charge in [-0.25, -0.2) is 13.2 Å². The maximum absolute atomic E-state index is 12.8. The zero-order chi connectivity index (χ0) is 21.6. The van der Waals surface area contributed by atoms with Crippen molar-refractivity contribution in [2.45, 2.75) is 19.8 Å². The highest BCUT2D eigenvalue weighted by Gasteiger charge is 2.17. The first-order valence-electron chi connectivity index (χ1n) is 9.36. The molecule has 0 bridgehead atoms. The summed E-state index contributed by atoms with van der Waals surface area (Å²) in [5, 5.41) is 0. The Hall–Kier alpha value is -3.39. The van der Waals surface area contributed by atoms with E-state index in [-0.39, 0.29) is 11.4 Å². The van der Waals surface area contributed by atoms with Gasteiger partial charge in [-0.1, -0.05) is 60.7 Å². The van der Waals surface area contributed by atoms with Gasteiger partial charge >= 0.3 is 11.5 Å². The summed E-state index contributed by atoms with van der Waals surface area (Å²) in [6.07, 6.45) is 0.644. The smallest absolute Gasteiger partial charge is 0.330 e. The Bertz CT molecular complexity index is 1170. The molecule has 0 radical (unpaired) electrons. The monoisotopic (exact) mass is 426 g/mol. The van der Waals surface area contributed by atoms with E-state index in [0.29, 0.717) is 18.5 Å². The molecule has 0 amide bonds. The topological polar surface area (TPSA) is 94.5 Å². The Morgan fingerprint density at radius 1 is 0.933 bits per heavy atom. The van der Waals surface area contributed by atoms with Crippen molar-refractivity contribution in [3.05, 3.63) is 100.0 Å². The summed E-state index contributed by atoms with van der Waals surface area (Å²) >= 11 is 0. The molecule has 1 heterocycles. The third-order valence-corrected chi connectivity index (χ3v) is 5.61. The normalized spacial score (nSPS) is 11.1. The number of sulfonamides is 1. The number of aryl methyl sites for hydroxylation is 1. The molecule has 0 aliphatic heterocycles. The molecule has 30 heavy (non-hydrogen) atoms. The Morgan fingerprint density at radius 3 is 2.13 bits per heavy atom. The highest BCUT2D eigenvalue weighted by molar-refractivity contribution is 7.92. The maximum atomic E-state index is 12.8. The van der Waals surface area contributed by atoms with Crippen LogP contribution in [0.1, 0.15) is 23.7 Å². The van der Waals surface area contributed by atoms with Gasteiger partial charge in [0, 0.05) is 13.3 Å². The van der Waals surface area contributed by atoms with Crippen LogP contribution in [0.3, 0.4) is 0 Å². The van der Waals surface area contributed by atoms with Gasteiger partial charge < -0.3 is 4.84 Å². The fraction of sp³-hybridized carbons (Fsp3) is 0.182. The fourth-order valence-electron chi connectivity index (χ4n) is 2.92. The van der Waals surface area contributed by atoms with Crippen LogP contribution < -0.4 is 15.1 Å². The van der Waals surface area contributed by atoms with Crippen LogP contribution in [0.5, 0.6) is 0 Å². The Labute approximate surface area is 175 Å². The molecule has 0 aliphatic rings.